The molecular weight excluding hydrogens is 384 g/mol. The number of hydrogen-bond donors (Lipinski definition) is 3. The van der Waals surface area contributed by atoms with E-state index in [-0.39, 0.29) is 5.91 Å². The van der Waals surface area contributed by atoms with Gasteiger partial charge in [0.25, 0.3) is 5.91 Å². The normalized spacial score (nSPS) is 21.7. The molecule has 0 spiro atoms. The van der Waals surface area contributed by atoms with Crippen molar-refractivity contribution in [3.63, 3.8) is 0 Å². The summed E-state index contributed by atoms with van der Waals surface area (Å²) >= 11 is 5.72. The second-order valence-electron chi connectivity index (χ2n) is 8.05. The van der Waals surface area contributed by atoms with Crippen LogP contribution in [0.2, 0.25) is 0 Å². The largest absolute Gasteiger partial charge is 0.348 e. The fraction of sp³-hybridized carbons (Fsp3) is 0.476. The highest BCUT2D eigenvalue weighted by molar-refractivity contribution is 7.71. The van der Waals surface area contributed by atoms with Crippen LogP contribution in [0.3, 0.4) is 0 Å². The van der Waals surface area contributed by atoms with Crippen LogP contribution >= 0.6 is 12.2 Å². The molecule has 3 N–H and O–H groups in total. The molecule has 1 amide bonds. The highest BCUT2D eigenvalue weighted by atomic mass is 32.1. The molecule has 29 heavy (non-hydrogen) atoms. The van der Waals surface area contributed by atoms with Crippen molar-refractivity contribution >= 4 is 18.1 Å². The third-order valence-electron chi connectivity index (χ3n) is 5.66. The van der Waals surface area contributed by atoms with Crippen molar-refractivity contribution in [1.29, 1.82) is 0 Å². The van der Waals surface area contributed by atoms with Gasteiger partial charge in [0.05, 0.1) is 0 Å². The van der Waals surface area contributed by atoms with Crippen LogP contribution < -0.4 is 15.1 Å². The number of hydrogen-bond acceptors (Lipinski definition) is 3. The van der Waals surface area contributed by atoms with Crippen LogP contribution in [0.25, 0.3) is 11.4 Å². The first-order valence-electron chi connectivity index (χ1n) is 10.4. The Morgan fingerprint density at radius 3 is 2.55 bits per heavy atom. The van der Waals surface area contributed by atoms with Crippen molar-refractivity contribution in [2.75, 3.05) is 32.7 Å². The lowest BCUT2D eigenvalue weighted by molar-refractivity contribution is -1.02. The highest BCUT2D eigenvalue weighted by Gasteiger charge is 2.28. The standard InChI is InChI=1S/C21H28N6OS/c1-2-10-26-20(17-6-4-3-5-7-17)23-27(21(26)29)16-25-13-11-24(12-14-25)15-19(28)22-18-8-9-18/h2-7,18H,1,8-16H2,(H,22,28)/p+2. The van der Waals surface area contributed by atoms with E-state index < -0.39 is 0 Å². The number of nitrogens with one attached hydrogen (secondary N) is 3. The summed E-state index contributed by atoms with van der Waals surface area (Å²) in [6.07, 6.45) is 4.14. The van der Waals surface area contributed by atoms with Crippen molar-refractivity contribution in [1.82, 2.24) is 19.7 Å². The molecule has 0 radical (unpaired) electrons. The summed E-state index contributed by atoms with van der Waals surface area (Å²) in [5.41, 5.74) is 1.06. The van der Waals surface area contributed by atoms with Gasteiger partial charge in [0.1, 0.15) is 26.2 Å². The number of aromatic nitrogens is 3. The number of carbonyl (C=O) groups excluding carboxylic acids is 1. The monoisotopic (exact) mass is 414 g/mol. The molecule has 8 heteroatoms. The van der Waals surface area contributed by atoms with Gasteiger partial charge in [-0.15, -0.1) is 11.7 Å². The molecule has 1 aromatic carbocycles. The Labute approximate surface area is 176 Å². The number of piperazine rings is 1. The van der Waals surface area contributed by atoms with Crippen molar-refractivity contribution in [3.05, 3.63) is 47.8 Å². The van der Waals surface area contributed by atoms with Crippen LogP contribution in [0, 0.1) is 4.77 Å². The predicted molar refractivity (Wildman–Crippen MR) is 114 cm³/mol. The molecule has 1 aliphatic carbocycles. The SMILES string of the molecule is C=CCn1c(-c2ccccc2)nn(C[NH+]2CC[NH+](CC(=O)NC3CC3)CC2)c1=S. The molecular formula is C21H30N6OS+2. The summed E-state index contributed by atoms with van der Waals surface area (Å²) in [5, 5.41) is 7.93. The van der Waals surface area contributed by atoms with Crippen LogP contribution in [0.1, 0.15) is 12.8 Å². The van der Waals surface area contributed by atoms with E-state index in [1.54, 1.807) is 0 Å². The van der Waals surface area contributed by atoms with Crippen LogP contribution in [0.4, 0.5) is 0 Å². The van der Waals surface area contributed by atoms with Gasteiger partial charge in [0.15, 0.2) is 19.0 Å². The van der Waals surface area contributed by atoms with Crippen molar-refractivity contribution in [2.24, 2.45) is 0 Å². The van der Waals surface area contributed by atoms with Crippen LogP contribution in [0.5, 0.6) is 0 Å². The van der Waals surface area contributed by atoms with Gasteiger partial charge in [-0.25, -0.2) is 0 Å². The van der Waals surface area contributed by atoms with Crippen molar-refractivity contribution in [3.8, 4) is 11.4 Å². The summed E-state index contributed by atoms with van der Waals surface area (Å²) in [6.45, 7) is 9.89. The molecule has 2 fully saturated rings. The molecule has 7 nitrogen and oxygen atoms in total. The van der Waals surface area contributed by atoms with Crippen molar-refractivity contribution in [2.45, 2.75) is 32.1 Å². The number of nitrogens with zero attached hydrogens (tertiary/aromatic N) is 3. The maximum absolute atomic E-state index is 12.0. The van der Waals surface area contributed by atoms with E-state index in [0.717, 1.165) is 61.8 Å². The number of quaternary nitrogens is 2. The fourth-order valence-electron chi connectivity index (χ4n) is 3.88. The molecule has 1 saturated carbocycles. The molecule has 2 aromatic rings. The minimum atomic E-state index is 0.198. The first-order valence-corrected chi connectivity index (χ1v) is 10.9. The smallest absolute Gasteiger partial charge is 0.275 e. The lowest BCUT2D eigenvalue weighted by atomic mass is 10.2. The molecule has 154 valence electrons. The van der Waals surface area contributed by atoms with E-state index in [1.807, 2.05) is 33.5 Å². The van der Waals surface area contributed by atoms with E-state index in [1.165, 1.54) is 9.80 Å². The van der Waals surface area contributed by atoms with Gasteiger partial charge in [0, 0.05) is 18.2 Å². The number of carbonyl (C=O) groups is 1. The van der Waals surface area contributed by atoms with E-state index in [2.05, 4.69) is 24.0 Å². The maximum atomic E-state index is 12.0. The zero-order valence-corrected chi connectivity index (χ0v) is 17.6. The molecule has 2 aliphatic rings. The molecule has 1 saturated heterocycles. The first-order chi connectivity index (χ1) is 14.1. The molecule has 1 aliphatic heterocycles. The van der Waals surface area contributed by atoms with Gasteiger partial charge in [-0.2, -0.15) is 4.68 Å². The number of benzene rings is 1. The number of amides is 1. The Kier molecular flexibility index (Phi) is 6.22. The molecule has 0 bridgehead atoms. The lowest BCUT2D eigenvalue weighted by Gasteiger charge is -2.29. The average Bonchev–Trinajstić information content (AvgIpc) is 3.49. The Morgan fingerprint density at radius 2 is 1.90 bits per heavy atom. The first kappa shape index (κ1) is 20.0. The quantitative estimate of drug-likeness (QED) is 0.395. The summed E-state index contributed by atoms with van der Waals surface area (Å²) in [5.74, 6) is 1.08. The topological polar surface area (TPSA) is 60.7 Å². The Bertz CT molecular complexity index is 909. The Morgan fingerprint density at radius 1 is 1.21 bits per heavy atom. The summed E-state index contributed by atoms with van der Waals surface area (Å²) in [4.78, 5) is 14.9. The summed E-state index contributed by atoms with van der Waals surface area (Å²) in [7, 11) is 0. The molecule has 0 atom stereocenters. The van der Waals surface area contributed by atoms with Gasteiger partial charge >= 0.3 is 0 Å². The zero-order valence-electron chi connectivity index (χ0n) is 16.8. The third-order valence-corrected chi connectivity index (χ3v) is 6.09. The van der Waals surface area contributed by atoms with Gasteiger partial charge in [0.2, 0.25) is 4.77 Å². The summed E-state index contributed by atoms with van der Waals surface area (Å²) < 4.78 is 4.72. The molecule has 0 unspecified atom stereocenters. The van der Waals surface area contributed by atoms with E-state index in [9.17, 15) is 4.79 Å². The predicted octanol–water partition coefficient (Wildman–Crippen LogP) is -0.713. The van der Waals surface area contributed by atoms with Crippen LogP contribution in [-0.4, -0.2) is 59.0 Å². The number of rotatable bonds is 8. The minimum Gasteiger partial charge on any atom is -0.348 e. The van der Waals surface area contributed by atoms with Crippen LogP contribution in [-0.2, 0) is 18.0 Å². The molecule has 4 rings (SSSR count). The number of allylic oxidation sites excluding steroid dienone is 1. The summed E-state index contributed by atoms with van der Waals surface area (Å²) in [6, 6.07) is 10.6. The third kappa shape index (κ3) is 5.01. The second-order valence-corrected chi connectivity index (χ2v) is 8.41. The Hall–Kier alpha value is -2.29. The van der Waals surface area contributed by atoms with Gasteiger partial charge < -0.3 is 15.1 Å². The molecule has 2 heterocycles. The highest BCUT2D eigenvalue weighted by Crippen LogP contribution is 2.18. The van der Waals surface area contributed by atoms with Gasteiger partial charge in [-0.3, -0.25) is 9.36 Å². The fourth-order valence-corrected chi connectivity index (χ4v) is 4.14. The zero-order chi connectivity index (χ0) is 20.2. The van der Waals surface area contributed by atoms with Crippen LogP contribution in [0.15, 0.2) is 43.0 Å². The van der Waals surface area contributed by atoms with E-state index in [4.69, 9.17) is 17.3 Å². The minimum absolute atomic E-state index is 0.198. The second kappa shape index (κ2) is 9.02. The average molecular weight is 415 g/mol. The van der Waals surface area contributed by atoms with Gasteiger partial charge in [-0.05, 0) is 25.1 Å². The Balaban J connectivity index is 1.39. The molecule has 1 aromatic heterocycles. The lowest BCUT2D eigenvalue weighted by Crippen LogP contribution is -3.28. The van der Waals surface area contributed by atoms with E-state index >= 15 is 0 Å². The van der Waals surface area contributed by atoms with Gasteiger partial charge in [-0.1, -0.05) is 36.4 Å². The van der Waals surface area contributed by atoms with E-state index in [0.29, 0.717) is 19.1 Å². The maximum Gasteiger partial charge on any atom is 0.275 e. The van der Waals surface area contributed by atoms with Crippen molar-refractivity contribution < 1.29 is 14.6 Å².